The highest BCUT2D eigenvalue weighted by molar-refractivity contribution is 7.17. The number of carbonyl (C=O) groups is 4. The van der Waals surface area contributed by atoms with E-state index in [-0.39, 0.29) is 18.9 Å². The number of carbonyl (C=O) groups excluding carboxylic acids is 4. The first-order chi connectivity index (χ1) is 13.0. The number of hydrogen-bond donors (Lipinski definition) is 2. The number of amides is 4. The maximum Gasteiger partial charge on any atom is 0.261 e. The fourth-order valence-electron chi connectivity index (χ4n) is 3.60. The van der Waals surface area contributed by atoms with Crippen molar-refractivity contribution in [2.75, 3.05) is 11.9 Å². The van der Waals surface area contributed by atoms with E-state index in [9.17, 15) is 19.2 Å². The van der Waals surface area contributed by atoms with Crippen LogP contribution in [-0.4, -0.2) is 35.1 Å². The van der Waals surface area contributed by atoms with Gasteiger partial charge in [-0.3, -0.25) is 24.1 Å². The van der Waals surface area contributed by atoms with Gasteiger partial charge in [0.25, 0.3) is 17.7 Å². The first-order valence-corrected chi connectivity index (χ1v) is 9.48. The van der Waals surface area contributed by atoms with E-state index >= 15 is 0 Å². The van der Waals surface area contributed by atoms with Crippen LogP contribution >= 0.6 is 11.3 Å². The smallest absolute Gasteiger partial charge is 0.261 e. The summed E-state index contributed by atoms with van der Waals surface area (Å²) in [5.41, 5.74) is 7.52. The molecule has 27 heavy (non-hydrogen) atoms. The molecule has 0 bridgehead atoms. The topological polar surface area (TPSA) is 110 Å². The van der Waals surface area contributed by atoms with E-state index in [1.807, 2.05) is 0 Å². The summed E-state index contributed by atoms with van der Waals surface area (Å²) < 4.78 is 0. The Labute approximate surface area is 159 Å². The fourth-order valence-corrected chi connectivity index (χ4v) is 4.91. The summed E-state index contributed by atoms with van der Waals surface area (Å²) in [6.07, 6.45) is 2.60. The van der Waals surface area contributed by atoms with Crippen LogP contribution in [0.5, 0.6) is 0 Å². The second-order valence-electron chi connectivity index (χ2n) is 6.53. The van der Waals surface area contributed by atoms with Crippen LogP contribution < -0.4 is 11.1 Å². The molecule has 0 unspecified atom stereocenters. The molecular formula is C19H17N3O4S. The lowest BCUT2D eigenvalue weighted by atomic mass is 10.1. The quantitative estimate of drug-likeness (QED) is 0.769. The van der Waals surface area contributed by atoms with Crippen LogP contribution in [0.15, 0.2) is 24.3 Å². The predicted octanol–water partition coefficient (Wildman–Crippen LogP) is 1.96. The van der Waals surface area contributed by atoms with Gasteiger partial charge in [-0.15, -0.1) is 11.3 Å². The van der Waals surface area contributed by atoms with Crippen molar-refractivity contribution >= 4 is 40.0 Å². The number of nitrogens with one attached hydrogen (secondary N) is 1. The number of nitrogens with zero attached hydrogens (tertiary/aromatic N) is 1. The zero-order valence-corrected chi connectivity index (χ0v) is 15.2. The Morgan fingerprint density at radius 2 is 1.78 bits per heavy atom. The summed E-state index contributed by atoms with van der Waals surface area (Å²) in [6, 6.07) is 6.59. The summed E-state index contributed by atoms with van der Waals surface area (Å²) in [7, 11) is 0. The van der Waals surface area contributed by atoms with Gasteiger partial charge in [0.2, 0.25) is 5.91 Å². The highest BCUT2D eigenvalue weighted by Crippen LogP contribution is 2.38. The van der Waals surface area contributed by atoms with Crippen LogP contribution in [-0.2, 0) is 17.6 Å². The highest BCUT2D eigenvalue weighted by atomic mass is 32.1. The normalized spacial score (nSPS) is 15.0. The van der Waals surface area contributed by atoms with Gasteiger partial charge in [0.15, 0.2) is 0 Å². The zero-order valence-electron chi connectivity index (χ0n) is 14.4. The SMILES string of the molecule is NC(=O)c1c(NC(=O)CCN2C(=O)c3ccccc3C2=O)sc2c1CCC2. The number of benzene rings is 1. The number of primary amides is 1. The fraction of sp³-hybridized carbons (Fsp3) is 0.263. The van der Waals surface area contributed by atoms with Crippen molar-refractivity contribution in [2.24, 2.45) is 5.73 Å². The Kier molecular flexibility index (Phi) is 4.27. The van der Waals surface area contributed by atoms with Gasteiger partial charge in [0, 0.05) is 17.8 Å². The first kappa shape index (κ1) is 17.4. The average molecular weight is 383 g/mol. The summed E-state index contributed by atoms with van der Waals surface area (Å²) in [6.45, 7) is -0.0187. The standard InChI is InChI=1S/C19H17N3O4S/c20-16(24)15-12-6-3-7-13(12)27-17(15)21-14(23)8-9-22-18(25)10-4-1-2-5-11(10)19(22)26/h1-2,4-5H,3,6-9H2,(H2,20,24)(H,21,23). The molecule has 3 N–H and O–H groups in total. The summed E-state index contributed by atoms with van der Waals surface area (Å²) in [5, 5.41) is 3.18. The summed E-state index contributed by atoms with van der Waals surface area (Å²) in [5.74, 6) is -1.70. The van der Waals surface area contributed by atoms with Crippen LogP contribution in [0.4, 0.5) is 5.00 Å². The van der Waals surface area contributed by atoms with Gasteiger partial charge in [-0.2, -0.15) is 0 Å². The molecule has 138 valence electrons. The van der Waals surface area contributed by atoms with Crippen molar-refractivity contribution in [2.45, 2.75) is 25.7 Å². The maximum absolute atomic E-state index is 12.4. The Morgan fingerprint density at radius 3 is 2.41 bits per heavy atom. The third-order valence-electron chi connectivity index (χ3n) is 4.86. The van der Waals surface area contributed by atoms with Crippen LogP contribution in [0, 0.1) is 0 Å². The Balaban J connectivity index is 1.44. The van der Waals surface area contributed by atoms with Gasteiger partial charge in [-0.1, -0.05) is 12.1 Å². The molecule has 7 nitrogen and oxygen atoms in total. The van der Waals surface area contributed by atoms with Crippen LogP contribution in [0.3, 0.4) is 0 Å². The highest BCUT2D eigenvalue weighted by Gasteiger charge is 2.35. The molecule has 0 radical (unpaired) electrons. The molecule has 4 rings (SSSR count). The molecule has 0 atom stereocenters. The predicted molar refractivity (Wildman–Crippen MR) is 99.9 cm³/mol. The minimum Gasteiger partial charge on any atom is -0.365 e. The summed E-state index contributed by atoms with van der Waals surface area (Å²) >= 11 is 1.37. The molecule has 0 fully saturated rings. The zero-order chi connectivity index (χ0) is 19.1. The third-order valence-corrected chi connectivity index (χ3v) is 6.07. The molecule has 4 amide bonds. The van der Waals surface area contributed by atoms with E-state index in [4.69, 9.17) is 5.73 Å². The van der Waals surface area contributed by atoms with E-state index in [2.05, 4.69) is 5.32 Å². The largest absolute Gasteiger partial charge is 0.365 e. The number of rotatable bonds is 5. The van der Waals surface area contributed by atoms with Crippen molar-refractivity contribution in [3.05, 3.63) is 51.4 Å². The van der Waals surface area contributed by atoms with Gasteiger partial charge < -0.3 is 11.1 Å². The van der Waals surface area contributed by atoms with Crippen molar-refractivity contribution in [1.29, 1.82) is 0 Å². The molecule has 0 spiro atoms. The minimum atomic E-state index is -0.551. The van der Waals surface area contributed by atoms with Crippen LogP contribution in [0.25, 0.3) is 0 Å². The molecule has 0 saturated carbocycles. The molecular weight excluding hydrogens is 366 g/mol. The molecule has 1 aliphatic heterocycles. The lowest BCUT2D eigenvalue weighted by Crippen LogP contribution is -2.33. The second kappa shape index (κ2) is 6.62. The first-order valence-electron chi connectivity index (χ1n) is 8.66. The molecule has 1 aromatic heterocycles. The Morgan fingerprint density at radius 1 is 1.11 bits per heavy atom. The number of hydrogen-bond acceptors (Lipinski definition) is 5. The van der Waals surface area contributed by atoms with E-state index in [1.54, 1.807) is 24.3 Å². The number of nitrogens with two attached hydrogens (primary N) is 1. The summed E-state index contributed by atoms with van der Waals surface area (Å²) in [4.78, 5) is 51.0. The van der Waals surface area contributed by atoms with Crippen molar-refractivity contribution in [3.8, 4) is 0 Å². The second-order valence-corrected chi connectivity index (χ2v) is 7.64. The number of thiophene rings is 1. The van der Waals surface area contributed by atoms with Crippen LogP contribution in [0.1, 0.15) is 54.4 Å². The molecule has 1 aromatic carbocycles. The molecule has 8 heteroatoms. The van der Waals surface area contributed by atoms with Gasteiger partial charge in [-0.05, 0) is 37.0 Å². The molecule has 0 saturated heterocycles. The monoisotopic (exact) mass is 383 g/mol. The van der Waals surface area contributed by atoms with Crippen molar-refractivity contribution in [1.82, 2.24) is 4.90 Å². The maximum atomic E-state index is 12.4. The van der Waals surface area contributed by atoms with Gasteiger partial charge >= 0.3 is 0 Å². The minimum absolute atomic E-state index is 0.0187. The van der Waals surface area contributed by atoms with Crippen molar-refractivity contribution in [3.63, 3.8) is 0 Å². The van der Waals surface area contributed by atoms with Crippen LogP contribution in [0.2, 0.25) is 0 Å². The van der Waals surface area contributed by atoms with Gasteiger partial charge in [0.05, 0.1) is 16.7 Å². The lowest BCUT2D eigenvalue weighted by Gasteiger charge is -2.13. The molecule has 2 heterocycles. The van der Waals surface area contributed by atoms with E-state index in [0.717, 1.165) is 34.6 Å². The number of fused-ring (bicyclic) bond motifs is 2. The number of imide groups is 1. The van der Waals surface area contributed by atoms with E-state index in [0.29, 0.717) is 21.7 Å². The molecule has 2 aliphatic rings. The third kappa shape index (κ3) is 2.91. The average Bonchev–Trinajstić information content (AvgIpc) is 3.27. The Bertz CT molecular complexity index is 960. The van der Waals surface area contributed by atoms with Gasteiger partial charge in [-0.25, -0.2) is 0 Å². The Hall–Kier alpha value is -3.00. The number of anilines is 1. The van der Waals surface area contributed by atoms with E-state index in [1.165, 1.54) is 11.3 Å². The molecule has 1 aliphatic carbocycles. The van der Waals surface area contributed by atoms with Gasteiger partial charge in [0.1, 0.15) is 5.00 Å². The molecule has 2 aromatic rings. The van der Waals surface area contributed by atoms with E-state index < -0.39 is 17.7 Å². The lowest BCUT2D eigenvalue weighted by molar-refractivity contribution is -0.116. The van der Waals surface area contributed by atoms with Crippen molar-refractivity contribution < 1.29 is 19.2 Å². The number of aryl methyl sites for hydroxylation is 1.